The minimum absolute atomic E-state index is 0.343. The summed E-state index contributed by atoms with van der Waals surface area (Å²) in [6.07, 6.45) is 9.52. The molecule has 0 heterocycles. The number of methoxy groups -OCH3 is 2. The van der Waals surface area contributed by atoms with Crippen LogP contribution in [-0.4, -0.2) is 14.2 Å². The fraction of sp³-hybridized carbons (Fsp3) is 0.647. The molecule has 0 amide bonds. The number of benzene rings is 1. The van der Waals surface area contributed by atoms with Gasteiger partial charge in [-0.25, -0.2) is 0 Å². The molecule has 1 atom stereocenters. The summed E-state index contributed by atoms with van der Waals surface area (Å²) in [7, 11) is 3.44. The second-order valence-electron chi connectivity index (χ2n) is 5.67. The molecule has 0 bridgehead atoms. The zero-order valence-electron chi connectivity index (χ0n) is 12.5. The maximum atomic E-state index is 5.49. The summed E-state index contributed by atoms with van der Waals surface area (Å²) in [5, 5.41) is 0. The molecule has 2 nitrogen and oxygen atoms in total. The Morgan fingerprint density at radius 1 is 1.10 bits per heavy atom. The average Bonchev–Trinajstić information content (AvgIpc) is 2.75. The number of hydrogen-bond acceptors (Lipinski definition) is 2. The molecule has 1 aliphatic carbocycles. The zero-order chi connectivity index (χ0) is 14.4. The molecule has 0 aliphatic heterocycles. The van der Waals surface area contributed by atoms with E-state index >= 15 is 0 Å². The van der Waals surface area contributed by atoms with Crippen LogP contribution in [0.3, 0.4) is 0 Å². The molecular formula is C17H25BrO2. The zero-order valence-corrected chi connectivity index (χ0v) is 14.1. The second kappa shape index (κ2) is 7.92. The third-order valence-electron chi connectivity index (χ3n) is 4.29. The van der Waals surface area contributed by atoms with Crippen molar-refractivity contribution in [3.05, 3.63) is 23.8 Å². The van der Waals surface area contributed by atoms with Gasteiger partial charge in [-0.2, -0.15) is 0 Å². The van der Waals surface area contributed by atoms with Gasteiger partial charge < -0.3 is 9.47 Å². The summed E-state index contributed by atoms with van der Waals surface area (Å²) in [4.78, 5) is 0.343. The van der Waals surface area contributed by atoms with Crippen molar-refractivity contribution >= 4 is 15.9 Å². The Hall–Kier alpha value is -0.700. The van der Waals surface area contributed by atoms with E-state index in [-0.39, 0.29) is 0 Å². The first-order valence-electron chi connectivity index (χ1n) is 7.60. The van der Waals surface area contributed by atoms with Crippen LogP contribution in [0, 0.1) is 5.92 Å². The minimum Gasteiger partial charge on any atom is -0.497 e. The first-order valence-corrected chi connectivity index (χ1v) is 8.52. The topological polar surface area (TPSA) is 18.5 Å². The maximum absolute atomic E-state index is 5.49. The van der Waals surface area contributed by atoms with E-state index in [9.17, 15) is 0 Å². The molecule has 0 aromatic heterocycles. The summed E-state index contributed by atoms with van der Waals surface area (Å²) in [5.74, 6) is 2.67. The highest BCUT2D eigenvalue weighted by Gasteiger charge is 2.20. The summed E-state index contributed by atoms with van der Waals surface area (Å²) >= 11 is 3.87. The quantitative estimate of drug-likeness (QED) is 0.520. The fourth-order valence-corrected chi connectivity index (χ4v) is 3.99. The van der Waals surface area contributed by atoms with Crippen LogP contribution in [0.4, 0.5) is 0 Å². The standard InChI is InChI=1S/C17H25BrO2/c1-19-14-9-10-17(20-2)15(12-14)16(18)11-13-7-5-3-4-6-8-13/h9-10,12-13,16H,3-8,11H2,1-2H3. The van der Waals surface area contributed by atoms with E-state index < -0.39 is 0 Å². The Kier molecular flexibility index (Phi) is 6.21. The highest BCUT2D eigenvalue weighted by molar-refractivity contribution is 9.09. The average molecular weight is 341 g/mol. The van der Waals surface area contributed by atoms with Crippen molar-refractivity contribution in [1.82, 2.24) is 0 Å². The third kappa shape index (κ3) is 4.15. The van der Waals surface area contributed by atoms with Crippen LogP contribution < -0.4 is 9.47 Å². The largest absolute Gasteiger partial charge is 0.497 e. The highest BCUT2D eigenvalue weighted by Crippen LogP contribution is 2.40. The lowest BCUT2D eigenvalue weighted by molar-refractivity contribution is 0.390. The van der Waals surface area contributed by atoms with Crippen LogP contribution in [0.25, 0.3) is 0 Å². The van der Waals surface area contributed by atoms with Crippen molar-refractivity contribution in [2.45, 2.75) is 49.8 Å². The van der Waals surface area contributed by atoms with Gasteiger partial charge in [-0.05, 0) is 30.5 Å². The minimum atomic E-state index is 0.343. The van der Waals surface area contributed by atoms with Crippen LogP contribution >= 0.6 is 15.9 Å². The molecule has 0 N–H and O–H groups in total. The fourth-order valence-electron chi connectivity index (χ4n) is 3.10. The van der Waals surface area contributed by atoms with E-state index in [4.69, 9.17) is 9.47 Å². The molecular weight excluding hydrogens is 316 g/mol. The van der Waals surface area contributed by atoms with Gasteiger partial charge in [0, 0.05) is 10.4 Å². The Morgan fingerprint density at radius 2 is 1.80 bits per heavy atom. The van der Waals surface area contributed by atoms with Crippen molar-refractivity contribution < 1.29 is 9.47 Å². The summed E-state index contributed by atoms with van der Waals surface area (Å²) in [6.45, 7) is 0. The van der Waals surface area contributed by atoms with E-state index in [2.05, 4.69) is 22.0 Å². The van der Waals surface area contributed by atoms with Gasteiger partial charge in [0.15, 0.2) is 0 Å². The van der Waals surface area contributed by atoms with Gasteiger partial charge >= 0.3 is 0 Å². The molecule has 0 spiro atoms. The van der Waals surface area contributed by atoms with Crippen LogP contribution in [0.5, 0.6) is 11.5 Å². The molecule has 20 heavy (non-hydrogen) atoms. The van der Waals surface area contributed by atoms with Crippen molar-refractivity contribution in [3.8, 4) is 11.5 Å². The molecule has 1 aliphatic rings. The van der Waals surface area contributed by atoms with Gasteiger partial charge in [0.2, 0.25) is 0 Å². The normalized spacial score (nSPS) is 18.4. The Morgan fingerprint density at radius 3 is 2.40 bits per heavy atom. The van der Waals surface area contributed by atoms with E-state index in [0.717, 1.165) is 17.4 Å². The number of alkyl halides is 1. The van der Waals surface area contributed by atoms with Gasteiger partial charge in [0.1, 0.15) is 11.5 Å². The van der Waals surface area contributed by atoms with E-state index in [0.29, 0.717) is 4.83 Å². The first kappa shape index (κ1) is 15.7. The molecule has 1 aromatic rings. The molecule has 0 saturated heterocycles. The van der Waals surface area contributed by atoms with E-state index in [1.807, 2.05) is 12.1 Å². The molecule has 112 valence electrons. The predicted molar refractivity (Wildman–Crippen MR) is 87.0 cm³/mol. The van der Waals surface area contributed by atoms with Gasteiger partial charge in [-0.15, -0.1) is 0 Å². The lowest BCUT2D eigenvalue weighted by Crippen LogP contribution is -2.04. The number of hydrogen-bond donors (Lipinski definition) is 0. The van der Waals surface area contributed by atoms with Crippen molar-refractivity contribution in [1.29, 1.82) is 0 Å². The van der Waals surface area contributed by atoms with Gasteiger partial charge in [-0.3, -0.25) is 0 Å². The van der Waals surface area contributed by atoms with Crippen LogP contribution in [-0.2, 0) is 0 Å². The Labute approximate surface area is 131 Å². The number of rotatable bonds is 5. The molecule has 0 radical (unpaired) electrons. The van der Waals surface area contributed by atoms with Crippen LogP contribution in [0.15, 0.2) is 18.2 Å². The lowest BCUT2D eigenvalue weighted by atomic mass is 9.92. The molecule has 1 saturated carbocycles. The summed E-state index contributed by atoms with van der Waals surface area (Å²) < 4.78 is 10.8. The summed E-state index contributed by atoms with van der Waals surface area (Å²) in [6, 6.07) is 6.04. The highest BCUT2D eigenvalue weighted by atomic mass is 79.9. The third-order valence-corrected chi connectivity index (χ3v) is 5.16. The number of ether oxygens (including phenoxy) is 2. The van der Waals surface area contributed by atoms with Crippen molar-refractivity contribution in [2.75, 3.05) is 14.2 Å². The van der Waals surface area contributed by atoms with Crippen LogP contribution in [0.1, 0.15) is 55.3 Å². The second-order valence-corrected chi connectivity index (χ2v) is 6.77. The molecule has 3 heteroatoms. The molecule has 1 fully saturated rings. The molecule has 1 aromatic carbocycles. The van der Waals surface area contributed by atoms with Gasteiger partial charge in [0.25, 0.3) is 0 Å². The lowest BCUT2D eigenvalue weighted by Gasteiger charge is -2.20. The number of halogens is 1. The predicted octanol–water partition coefficient (Wildman–Crippen LogP) is 5.50. The Bertz CT molecular complexity index is 411. The smallest absolute Gasteiger partial charge is 0.123 e. The van der Waals surface area contributed by atoms with Gasteiger partial charge in [0.05, 0.1) is 14.2 Å². The van der Waals surface area contributed by atoms with Gasteiger partial charge in [-0.1, -0.05) is 54.5 Å². The maximum Gasteiger partial charge on any atom is 0.123 e. The van der Waals surface area contributed by atoms with E-state index in [1.165, 1.54) is 50.5 Å². The summed E-state index contributed by atoms with van der Waals surface area (Å²) in [5.41, 5.74) is 1.20. The van der Waals surface area contributed by atoms with Crippen LogP contribution in [0.2, 0.25) is 0 Å². The molecule has 1 unspecified atom stereocenters. The monoisotopic (exact) mass is 340 g/mol. The first-order chi connectivity index (χ1) is 9.74. The Balaban J connectivity index is 2.08. The van der Waals surface area contributed by atoms with Crippen molar-refractivity contribution in [2.24, 2.45) is 5.92 Å². The molecule has 2 rings (SSSR count). The van der Waals surface area contributed by atoms with E-state index in [1.54, 1.807) is 14.2 Å². The van der Waals surface area contributed by atoms with Crippen molar-refractivity contribution in [3.63, 3.8) is 0 Å². The SMILES string of the molecule is COc1ccc(OC)c(C(Br)CC2CCCCCC2)c1.